The van der Waals surface area contributed by atoms with Crippen molar-refractivity contribution < 1.29 is 9.53 Å². The van der Waals surface area contributed by atoms with Crippen LogP contribution in [-0.4, -0.2) is 18.3 Å². The van der Waals surface area contributed by atoms with Gasteiger partial charge in [0, 0.05) is 12.2 Å². The minimum absolute atomic E-state index is 0.0737. The quantitative estimate of drug-likeness (QED) is 0.101. The molecule has 0 aliphatic carbocycles. The SMILES string of the molecule is CCCCCCCCCCCC/C=C/CCCCCCC(=O)OCCS. The minimum Gasteiger partial charge on any atom is -0.465 e. The smallest absolute Gasteiger partial charge is 0.305 e. The van der Waals surface area contributed by atoms with Crippen molar-refractivity contribution in [2.75, 3.05) is 12.4 Å². The maximum absolute atomic E-state index is 11.3. The Balaban J connectivity index is 3.14. The van der Waals surface area contributed by atoms with E-state index >= 15 is 0 Å². The average Bonchev–Trinajstić information content (AvgIpc) is 2.65. The third-order valence-corrected chi connectivity index (χ3v) is 4.93. The fraction of sp³-hybridized carbons (Fsp3) is 0.870. The summed E-state index contributed by atoms with van der Waals surface area (Å²) < 4.78 is 5.00. The first kappa shape index (κ1) is 25.6. The van der Waals surface area contributed by atoms with Crippen LogP contribution < -0.4 is 0 Å². The van der Waals surface area contributed by atoms with E-state index in [4.69, 9.17) is 4.74 Å². The van der Waals surface area contributed by atoms with Gasteiger partial charge in [0.2, 0.25) is 0 Å². The molecule has 154 valence electrons. The molecule has 0 aromatic heterocycles. The number of carbonyl (C=O) groups excluding carboxylic acids is 1. The summed E-state index contributed by atoms with van der Waals surface area (Å²) >= 11 is 4.02. The predicted octanol–water partition coefficient (Wildman–Crippen LogP) is 7.67. The van der Waals surface area contributed by atoms with Gasteiger partial charge < -0.3 is 4.74 Å². The highest BCUT2D eigenvalue weighted by molar-refractivity contribution is 7.80. The molecule has 3 heteroatoms. The molecular formula is C23H44O2S. The van der Waals surface area contributed by atoms with Gasteiger partial charge in [-0.15, -0.1) is 0 Å². The van der Waals surface area contributed by atoms with Crippen molar-refractivity contribution in [3.8, 4) is 0 Å². The molecule has 0 saturated heterocycles. The van der Waals surface area contributed by atoms with Gasteiger partial charge in [0.05, 0.1) is 0 Å². The van der Waals surface area contributed by atoms with E-state index < -0.39 is 0 Å². The monoisotopic (exact) mass is 384 g/mol. The first-order valence-corrected chi connectivity index (χ1v) is 11.9. The lowest BCUT2D eigenvalue weighted by Crippen LogP contribution is -2.06. The number of allylic oxidation sites excluding steroid dienone is 2. The lowest BCUT2D eigenvalue weighted by Gasteiger charge is -2.02. The van der Waals surface area contributed by atoms with E-state index in [-0.39, 0.29) is 5.97 Å². The van der Waals surface area contributed by atoms with Crippen LogP contribution in [0.4, 0.5) is 0 Å². The summed E-state index contributed by atoms with van der Waals surface area (Å²) in [6, 6.07) is 0. The van der Waals surface area contributed by atoms with E-state index in [9.17, 15) is 4.79 Å². The molecule has 0 rings (SSSR count). The van der Waals surface area contributed by atoms with Crippen molar-refractivity contribution in [2.45, 2.75) is 116 Å². The van der Waals surface area contributed by atoms with Gasteiger partial charge in [-0.05, 0) is 32.1 Å². The molecule has 26 heavy (non-hydrogen) atoms. The van der Waals surface area contributed by atoms with Crippen molar-refractivity contribution in [1.29, 1.82) is 0 Å². The largest absolute Gasteiger partial charge is 0.465 e. The molecule has 0 N–H and O–H groups in total. The van der Waals surface area contributed by atoms with Crippen molar-refractivity contribution >= 4 is 18.6 Å². The highest BCUT2D eigenvalue weighted by atomic mass is 32.1. The van der Waals surface area contributed by atoms with Gasteiger partial charge in [0.25, 0.3) is 0 Å². The lowest BCUT2D eigenvalue weighted by atomic mass is 10.1. The second-order valence-electron chi connectivity index (χ2n) is 7.34. The molecule has 0 aromatic carbocycles. The summed E-state index contributed by atoms with van der Waals surface area (Å²) in [4.78, 5) is 11.3. The van der Waals surface area contributed by atoms with Crippen LogP contribution in [0.3, 0.4) is 0 Å². The van der Waals surface area contributed by atoms with E-state index in [0.29, 0.717) is 18.8 Å². The van der Waals surface area contributed by atoms with Crippen LogP contribution in [-0.2, 0) is 9.53 Å². The molecule has 0 spiro atoms. The van der Waals surface area contributed by atoms with Crippen LogP contribution in [0.2, 0.25) is 0 Å². The third-order valence-electron chi connectivity index (χ3n) is 4.75. The number of esters is 1. The Morgan fingerprint density at radius 2 is 1.19 bits per heavy atom. The fourth-order valence-corrected chi connectivity index (χ4v) is 3.19. The first-order chi connectivity index (χ1) is 12.8. The Morgan fingerprint density at radius 1 is 0.731 bits per heavy atom. The number of rotatable bonds is 20. The fourth-order valence-electron chi connectivity index (χ4n) is 3.10. The van der Waals surface area contributed by atoms with E-state index in [0.717, 1.165) is 12.8 Å². The zero-order chi connectivity index (χ0) is 19.1. The zero-order valence-corrected chi connectivity index (χ0v) is 18.2. The van der Waals surface area contributed by atoms with Crippen LogP contribution in [0.1, 0.15) is 116 Å². The van der Waals surface area contributed by atoms with E-state index in [1.807, 2.05) is 0 Å². The number of carbonyl (C=O) groups is 1. The maximum Gasteiger partial charge on any atom is 0.305 e. The number of unbranched alkanes of at least 4 members (excludes halogenated alkanes) is 14. The van der Waals surface area contributed by atoms with Gasteiger partial charge in [0.15, 0.2) is 0 Å². The molecule has 0 amide bonds. The van der Waals surface area contributed by atoms with Crippen molar-refractivity contribution in [3.63, 3.8) is 0 Å². The molecule has 0 aliphatic rings. The van der Waals surface area contributed by atoms with Crippen LogP contribution in [0.25, 0.3) is 0 Å². The van der Waals surface area contributed by atoms with Gasteiger partial charge >= 0.3 is 5.97 Å². The molecule has 0 saturated carbocycles. The number of hydrogen-bond acceptors (Lipinski definition) is 3. The summed E-state index contributed by atoms with van der Waals surface area (Å²) in [6.07, 6.45) is 26.3. The Kier molecular flexibility index (Phi) is 22.2. The molecule has 0 aromatic rings. The summed E-state index contributed by atoms with van der Waals surface area (Å²) in [6.45, 7) is 2.72. The number of ether oxygens (including phenoxy) is 1. The van der Waals surface area contributed by atoms with E-state index in [2.05, 4.69) is 31.7 Å². The molecule has 0 bridgehead atoms. The summed E-state index contributed by atoms with van der Waals surface area (Å²) in [5.74, 6) is 0.535. The van der Waals surface area contributed by atoms with Gasteiger partial charge in [-0.3, -0.25) is 4.79 Å². The standard InChI is InChI=1S/C23H44O2S/c1-2-3-4-5-6-7-8-9-10-11-12-13-14-15-16-17-18-19-20-23(24)25-21-22-26/h13-14,26H,2-12,15-22H2,1H3/b14-13+. The van der Waals surface area contributed by atoms with Crippen LogP contribution in [0, 0.1) is 0 Å². The molecular weight excluding hydrogens is 340 g/mol. The number of hydrogen-bond donors (Lipinski definition) is 1. The minimum atomic E-state index is -0.0737. The third kappa shape index (κ3) is 21.6. The molecule has 0 aliphatic heterocycles. The van der Waals surface area contributed by atoms with Gasteiger partial charge in [-0.1, -0.05) is 89.7 Å². The number of thiol groups is 1. The van der Waals surface area contributed by atoms with Crippen molar-refractivity contribution in [3.05, 3.63) is 12.2 Å². The maximum atomic E-state index is 11.3. The zero-order valence-electron chi connectivity index (χ0n) is 17.4. The second kappa shape index (κ2) is 22.6. The highest BCUT2D eigenvalue weighted by Gasteiger charge is 2.01. The Morgan fingerprint density at radius 3 is 1.69 bits per heavy atom. The van der Waals surface area contributed by atoms with Gasteiger partial charge in [-0.2, -0.15) is 12.6 Å². The topological polar surface area (TPSA) is 26.3 Å². The predicted molar refractivity (Wildman–Crippen MR) is 118 cm³/mol. The van der Waals surface area contributed by atoms with Crippen molar-refractivity contribution in [2.24, 2.45) is 0 Å². The van der Waals surface area contributed by atoms with E-state index in [1.54, 1.807) is 0 Å². The normalized spacial score (nSPS) is 11.3. The van der Waals surface area contributed by atoms with Crippen LogP contribution in [0.5, 0.6) is 0 Å². The Labute approximate surface area is 169 Å². The Hall–Kier alpha value is -0.440. The lowest BCUT2D eigenvalue weighted by molar-refractivity contribution is -0.143. The van der Waals surface area contributed by atoms with Crippen molar-refractivity contribution in [1.82, 2.24) is 0 Å². The van der Waals surface area contributed by atoms with Crippen LogP contribution >= 0.6 is 12.6 Å². The van der Waals surface area contributed by atoms with Gasteiger partial charge in [-0.25, -0.2) is 0 Å². The summed E-state index contributed by atoms with van der Waals surface area (Å²) in [7, 11) is 0. The highest BCUT2D eigenvalue weighted by Crippen LogP contribution is 2.12. The molecule has 0 radical (unpaired) electrons. The first-order valence-electron chi connectivity index (χ1n) is 11.2. The summed E-state index contributed by atoms with van der Waals surface area (Å²) in [5.41, 5.74) is 0. The molecule has 0 heterocycles. The summed E-state index contributed by atoms with van der Waals surface area (Å²) in [5, 5.41) is 0. The molecule has 0 atom stereocenters. The molecule has 0 unspecified atom stereocenters. The van der Waals surface area contributed by atoms with Gasteiger partial charge in [0.1, 0.15) is 6.61 Å². The second-order valence-corrected chi connectivity index (χ2v) is 7.79. The molecule has 2 nitrogen and oxygen atoms in total. The Bertz CT molecular complexity index is 315. The average molecular weight is 385 g/mol. The molecule has 0 fully saturated rings. The van der Waals surface area contributed by atoms with Crippen LogP contribution in [0.15, 0.2) is 12.2 Å². The van der Waals surface area contributed by atoms with E-state index in [1.165, 1.54) is 89.9 Å².